The van der Waals surface area contributed by atoms with Crippen molar-refractivity contribution >= 4 is 27.5 Å². The standard InChI is InChI=1S/C20H18N4OS/c1-13(15-8-10-21-11-9-15)22-19(25)18-12-17-14(2)23-24(20(17)26-18)16-6-4-3-5-7-16/h3-13H,1-2H3,(H,22,25). The number of para-hydroxylation sites is 1. The van der Waals surface area contributed by atoms with Crippen LogP contribution < -0.4 is 5.32 Å². The van der Waals surface area contributed by atoms with Crippen LogP contribution in [0, 0.1) is 6.92 Å². The molecule has 1 atom stereocenters. The molecule has 4 rings (SSSR count). The highest BCUT2D eigenvalue weighted by Crippen LogP contribution is 2.30. The lowest BCUT2D eigenvalue weighted by atomic mass is 10.1. The van der Waals surface area contributed by atoms with Gasteiger partial charge >= 0.3 is 0 Å². The average molecular weight is 362 g/mol. The molecule has 1 amide bonds. The fourth-order valence-corrected chi connectivity index (χ4v) is 3.99. The highest BCUT2D eigenvalue weighted by molar-refractivity contribution is 7.20. The lowest BCUT2D eigenvalue weighted by molar-refractivity contribution is 0.0944. The summed E-state index contributed by atoms with van der Waals surface area (Å²) in [4.78, 5) is 18.4. The number of hydrogen-bond acceptors (Lipinski definition) is 4. The Morgan fingerprint density at radius 2 is 1.88 bits per heavy atom. The van der Waals surface area contributed by atoms with Gasteiger partial charge in [0.25, 0.3) is 5.91 Å². The van der Waals surface area contributed by atoms with Crippen molar-refractivity contribution < 1.29 is 4.79 Å². The minimum atomic E-state index is -0.0811. The second-order valence-electron chi connectivity index (χ2n) is 6.14. The van der Waals surface area contributed by atoms with Gasteiger partial charge in [0.15, 0.2) is 0 Å². The van der Waals surface area contributed by atoms with E-state index in [0.717, 1.165) is 27.2 Å². The predicted molar refractivity (Wildman–Crippen MR) is 104 cm³/mol. The van der Waals surface area contributed by atoms with E-state index >= 15 is 0 Å². The Hall–Kier alpha value is -2.99. The van der Waals surface area contributed by atoms with Gasteiger partial charge in [0.2, 0.25) is 0 Å². The van der Waals surface area contributed by atoms with Gasteiger partial charge in [-0.3, -0.25) is 9.78 Å². The molecule has 0 saturated carbocycles. The van der Waals surface area contributed by atoms with Crippen molar-refractivity contribution in [3.8, 4) is 5.69 Å². The first kappa shape index (κ1) is 16.5. The Kier molecular flexibility index (Phi) is 4.26. The maximum atomic E-state index is 12.7. The van der Waals surface area contributed by atoms with Gasteiger partial charge in [-0.05, 0) is 49.7 Å². The normalized spacial score (nSPS) is 12.2. The molecule has 26 heavy (non-hydrogen) atoms. The monoisotopic (exact) mass is 362 g/mol. The Labute approximate surface area is 155 Å². The zero-order chi connectivity index (χ0) is 18.1. The number of aromatic nitrogens is 3. The zero-order valence-corrected chi connectivity index (χ0v) is 15.3. The van der Waals surface area contributed by atoms with Gasteiger partial charge in [-0.15, -0.1) is 11.3 Å². The van der Waals surface area contributed by atoms with Crippen LogP contribution in [0.3, 0.4) is 0 Å². The summed E-state index contributed by atoms with van der Waals surface area (Å²) < 4.78 is 1.90. The first-order valence-corrected chi connectivity index (χ1v) is 9.20. The molecule has 0 fully saturated rings. The number of carbonyl (C=O) groups is 1. The van der Waals surface area contributed by atoms with Gasteiger partial charge in [0.05, 0.1) is 22.3 Å². The number of benzene rings is 1. The molecule has 4 aromatic rings. The van der Waals surface area contributed by atoms with E-state index in [4.69, 9.17) is 0 Å². The molecule has 0 saturated heterocycles. The minimum absolute atomic E-state index is 0.0745. The number of hydrogen-bond donors (Lipinski definition) is 1. The van der Waals surface area contributed by atoms with E-state index in [9.17, 15) is 4.79 Å². The fourth-order valence-electron chi connectivity index (χ4n) is 2.91. The molecular weight excluding hydrogens is 344 g/mol. The average Bonchev–Trinajstić information content (AvgIpc) is 3.24. The molecule has 0 radical (unpaired) electrons. The number of fused-ring (bicyclic) bond motifs is 1. The third-order valence-electron chi connectivity index (χ3n) is 4.32. The van der Waals surface area contributed by atoms with Gasteiger partial charge in [-0.1, -0.05) is 18.2 Å². The molecule has 0 bridgehead atoms. The molecule has 1 aromatic carbocycles. The molecule has 1 N–H and O–H groups in total. The highest BCUT2D eigenvalue weighted by atomic mass is 32.1. The SMILES string of the molecule is Cc1nn(-c2ccccc2)c2sc(C(=O)NC(C)c3ccncc3)cc12. The van der Waals surface area contributed by atoms with Gasteiger partial charge in [0.1, 0.15) is 4.83 Å². The number of nitrogens with one attached hydrogen (secondary N) is 1. The van der Waals surface area contributed by atoms with E-state index in [1.807, 2.05) is 67.1 Å². The van der Waals surface area contributed by atoms with Crippen molar-refractivity contribution in [2.45, 2.75) is 19.9 Å². The van der Waals surface area contributed by atoms with Crippen molar-refractivity contribution in [1.82, 2.24) is 20.1 Å². The smallest absolute Gasteiger partial charge is 0.261 e. The van der Waals surface area contributed by atoms with Crippen LogP contribution in [0.1, 0.15) is 33.9 Å². The third kappa shape index (κ3) is 2.99. The summed E-state index contributed by atoms with van der Waals surface area (Å²) in [5, 5.41) is 8.69. The van der Waals surface area contributed by atoms with Crippen molar-refractivity contribution in [3.05, 3.63) is 77.1 Å². The zero-order valence-electron chi connectivity index (χ0n) is 14.5. The number of nitrogens with zero attached hydrogens (tertiary/aromatic N) is 3. The highest BCUT2D eigenvalue weighted by Gasteiger charge is 2.18. The Balaban J connectivity index is 1.64. The Bertz CT molecular complexity index is 1050. The second kappa shape index (κ2) is 6.72. The second-order valence-corrected chi connectivity index (χ2v) is 7.17. The summed E-state index contributed by atoms with van der Waals surface area (Å²) in [5.74, 6) is -0.0745. The Morgan fingerprint density at radius 3 is 2.62 bits per heavy atom. The van der Waals surface area contributed by atoms with Crippen LogP contribution in [-0.4, -0.2) is 20.7 Å². The van der Waals surface area contributed by atoms with E-state index in [-0.39, 0.29) is 11.9 Å². The van der Waals surface area contributed by atoms with Crippen molar-refractivity contribution in [2.24, 2.45) is 0 Å². The van der Waals surface area contributed by atoms with E-state index in [1.165, 1.54) is 11.3 Å². The predicted octanol–water partition coefficient (Wildman–Crippen LogP) is 4.28. The Morgan fingerprint density at radius 1 is 1.15 bits per heavy atom. The lowest BCUT2D eigenvalue weighted by Gasteiger charge is -2.13. The summed E-state index contributed by atoms with van der Waals surface area (Å²) in [6, 6.07) is 15.6. The van der Waals surface area contributed by atoms with Crippen LogP contribution in [0.2, 0.25) is 0 Å². The number of thiophene rings is 1. The van der Waals surface area contributed by atoms with Gasteiger partial charge in [0, 0.05) is 17.8 Å². The summed E-state index contributed by atoms with van der Waals surface area (Å²) >= 11 is 1.46. The molecule has 3 aromatic heterocycles. The summed E-state index contributed by atoms with van der Waals surface area (Å²) in [6.45, 7) is 3.94. The summed E-state index contributed by atoms with van der Waals surface area (Å²) in [5.41, 5.74) is 2.94. The fraction of sp³-hybridized carbons (Fsp3) is 0.150. The van der Waals surface area contributed by atoms with Crippen molar-refractivity contribution in [3.63, 3.8) is 0 Å². The largest absolute Gasteiger partial charge is 0.345 e. The van der Waals surface area contributed by atoms with Crippen LogP contribution in [0.15, 0.2) is 60.9 Å². The van der Waals surface area contributed by atoms with Gasteiger partial charge in [-0.25, -0.2) is 4.68 Å². The molecule has 6 heteroatoms. The van der Waals surface area contributed by atoms with Gasteiger partial charge in [-0.2, -0.15) is 5.10 Å². The minimum Gasteiger partial charge on any atom is -0.345 e. The molecule has 0 aliphatic rings. The van der Waals surface area contributed by atoms with Crippen LogP contribution in [0.4, 0.5) is 0 Å². The van der Waals surface area contributed by atoms with Crippen LogP contribution in [0.5, 0.6) is 0 Å². The first-order chi connectivity index (χ1) is 12.6. The molecule has 3 heterocycles. The molecule has 0 spiro atoms. The third-order valence-corrected chi connectivity index (χ3v) is 5.43. The van der Waals surface area contributed by atoms with E-state index in [0.29, 0.717) is 4.88 Å². The molecule has 5 nitrogen and oxygen atoms in total. The van der Waals surface area contributed by atoms with E-state index < -0.39 is 0 Å². The van der Waals surface area contributed by atoms with Crippen LogP contribution in [0.25, 0.3) is 15.9 Å². The number of aryl methyl sites for hydroxylation is 1. The summed E-state index contributed by atoms with van der Waals surface area (Å²) in [6.07, 6.45) is 3.46. The maximum absolute atomic E-state index is 12.7. The molecule has 1 unspecified atom stereocenters. The summed E-state index contributed by atoms with van der Waals surface area (Å²) in [7, 11) is 0. The van der Waals surface area contributed by atoms with E-state index in [1.54, 1.807) is 12.4 Å². The maximum Gasteiger partial charge on any atom is 0.261 e. The number of pyridine rings is 1. The molecule has 0 aliphatic carbocycles. The quantitative estimate of drug-likeness (QED) is 0.589. The van der Waals surface area contributed by atoms with Gasteiger partial charge < -0.3 is 5.32 Å². The number of rotatable bonds is 4. The number of amides is 1. The number of carbonyl (C=O) groups excluding carboxylic acids is 1. The van der Waals surface area contributed by atoms with Crippen molar-refractivity contribution in [2.75, 3.05) is 0 Å². The van der Waals surface area contributed by atoms with E-state index in [2.05, 4.69) is 15.4 Å². The molecular formula is C20H18N4OS. The molecule has 0 aliphatic heterocycles. The van der Waals surface area contributed by atoms with Crippen LogP contribution in [-0.2, 0) is 0 Å². The molecule has 130 valence electrons. The first-order valence-electron chi connectivity index (χ1n) is 8.39. The van der Waals surface area contributed by atoms with Crippen molar-refractivity contribution in [1.29, 1.82) is 0 Å². The lowest BCUT2D eigenvalue weighted by Crippen LogP contribution is -2.25. The topological polar surface area (TPSA) is 59.8 Å². The van der Waals surface area contributed by atoms with Crippen LogP contribution >= 0.6 is 11.3 Å².